The van der Waals surface area contributed by atoms with E-state index >= 15 is 0 Å². The molecule has 0 aromatic carbocycles. The van der Waals surface area contributed by atoms with Crippen molar-refractivity contribution in [1.82, 2.24) is 0 Å². The Morgan fingerprint density at radius 3 is 2.79 bits per heavy atom. The van der Waals surface area contributed by atoms with Gasteiger partial charge in [-0.3, -0.25) is 4.79 Å². The second kappa shape index (κ2) is 3.83. The zero-order chi connectivity index (χ0) is 10.1. The third-order valence-corrected chi connectivity index (χ3v) is 3.44. The normalized spacial score (nSPS) is 18.1. The number of Topliss-reactive ketones (excluding diaryl/α,β-unsaturated/α-hetero) is 1. The molecule has 1 atom stereocenters. The van der Waals surface area contributed by atoms with Crippen LogP contribution in [0, 0.1) is 12.8 Å². The van der Waals surface area contributed by atoms with Gasteiger partial charge in [-0.05, 0) is 31.7 Å². The predicted molar refractivity (Wildman–Crippen MR) is 56.9 cm³/mol. The summed E-state index contributed by atoms with van der Waals surface area (Å²) in [5.74, 6) is 0.618. The largest absolute Gasteiger partial charge is 0.373 e. The molecule has 1 aliphatic carbocycles. The smallest absolute Gasteiger partial charge is 0.192 e. The number of thiophene rings is 1. The summed E-state index contributed by atoms with van der Waals surface area (Å²) in [5.41, 5.74) is 0.811. The minimum absolute atomic E-state index is 0.152. The highest BCUT2D eigenvalue weighted by Crippen LogP contribution is 2.35. The minimum atomic E-state index is -0.205. The second-order valence-corrected chi connectivity index (χ2v) is 4.92. The van der Waals surface area contributed by atoms with E-state index in [0.29, 0.717) is 5.92 Å². The summed E-state index contributed by atoms with van der Waals surface area (Å²) < 4.78 is 5.25. The number of hydrogen-bond donors (Lipinski definition) is 0. The van der Waals surface area contributed by atoms with E-state index in [0.717, 1.165) is 18.4 Å². The van der Waals surface area contributed by atoms with Crippen LogP contribution in [0.1, 0.15) is 28.1 Å². The molecule has 1 saturated carbocycles. The summed E-state index contributed by atoms with van der Waals surface area (Å²) in [4.78, 5) is 13.1. The van der Waals surface area contributed by atoms with E-state index in [9.17, 15) is 4.79 Å². The Morgan fingerprint density at radius 2 is 2.36 bits per heavy atom. The Bertz CT molecular complexity index is 339. The first-order chi connectivity index (χ1) is 6.72. The minimum Gasteiger partial charge on any atom is -0.373 e. The van der Waals surface area contributed by atoms with Crippen LogP contribution in [0.15, 0.2) is 11.4 Å². The zero-order valence-electron chi connectivity index (χ0n) is 8.45. The van der Waals surface area contributed by atoms with Gasteiger partial charge in [-0.2, -0.15) is 0 Å². The van der Waals surface area contributed by atoms with Crippen molar-refractivity contribution in [3.8, 4) is 0 Å². The highest BCUT2D eigenvalue weighted by molar-refractivity contribution is 7.10. The van der Waals surface area contributed by atoms with Crippen LogP contribution in [0.2, 0.25) is 0 Å². The Kier molecular flexibility index (Phi) is 2.70. The Morgan fingerprint density at radius 1 is 1.64 bits per heavy atom. The van der Waals surface area contributed by atoms with Crippen LogP contribution >= 0.6 is 11.3 Å². The standard InChI is InChI=1S/C11H14O2S/c1-7-5-9(6-14-7)10(12)11(13-2)8-3-4-8/h5-6,8,11H,3-4H2,1-2H3. The lowest BCUT2D eigenvalue weighted by molar-refractivity contribution is 0.0540. The number of rotatable bonds is 4. The first-order valence-corrected chi connectivity index (χ1v) is 5.72. The molecule has 0 amide bonds. The van der Waals surface area contributed by atoms with Gasteiger partial charge in [0, 0.05) is 22.9 Å². The van der Waals surface area contributed by atoms with Gasteiger partial charge in [0.05, 0.1) is 0 Å². The number of carbonyl (C=O) groups is 1. The molecule has 2 rings (SSSR count). The van der Waals surface area contributed by atoms with E-state index in [1.54, 1.807) is 18.4 Å². The lowest BCUT2D eigenvalue weighted by Gasteiger charge is -2.11. The van der Waals surface area contributed by atoms with E-state index < -0.39 is 0 Å². The fourth-order valence-electron chi connectivity index (χ4n) is 1.65. The quantitative estimate of drug-likeness (QED) is 0.714. The summed E-state index contributed by atoms with van der Waals surface area (Å²) in [5, 5.41) is 1.92. The van der Waals surface area contributed by atoms with Crippen molar-refractivity contribution < 1.29 is 9.53 Å². The van der Waals surface area contributed by atoms with Crippen molar-refractivity contribution >= 4 is 17.1 Å². The van der Waals surface area contributed by atoms with Gasteiger partial charge in [0.1, 0.15) is 6.10 Å². The van der Waals surface area contributed by atoms with Crippen LogP contribution in [0.3, 0.4) is 0 Å². The Labute approximate surface area is 87.9 Å². The molecule has 1 aromatic rings. The number of ether oxygens (including phenoxy) is 1. The lowest BCUT2D eigenvalue weighted by Crippen LogP contribution is -2.24. The third-order valence-electron chi connectivity index (χ3n) is 2.58. The van der Waals surface area contributed by atoms with Gasteiger partial charge in [0.25, 0.3) is 0 Å². The van der Waals surface area contributed by atoms with Gasteiger partial charge in [-0.15, -0.1) is 11.3 Å². The molecule has 1 heterocycles. The average Bonchev–Trinajstić information content (AvgIpc) is 2.90. The molecular formula is C11H14O2S. The van der Waals surface area contributed by atoms with E-state index in [4.69, 9.17) is 4.74 Å². The van der Waals surface area contributed by atoms with E-state index in [1.165, 1.54) is 4.88 Å². The molecule has 0 N–H and O–H groups in total. The van der Waals surface area contributed by atoms with Crippen molar-refractivity contribution in [2.75, 3.05) is 7.11 Å². The predicted octanol–water partition coefficient (Wildman–Crippen LogP) is 2.66. The number of methoxy groups -OCH3 is 1. The first-order valence-electron chi connectivity index (χ1n) is 4.84. The summed E-state index contributed by atoms with van der Waals surface area (Å²) in [7, 11) is 1.63. The van der Waals surface area contributed by atoms with Crippen LogP contribution in [0.25, 0.3) is 0 Å². The fourth-order valence-corrected chi connectivity index (χ4v) is 2.34. The van der Waals surface area contributed by atoms with Crippen LogP contribution < -0.4 is 0 Å². The van der Waals surface area contributed by atoms with E-state index in [2.05, 4.69) is 0 Å². The molecule has 1 aliphatic rings. The van der Waals surface area contributed by atoms with Crippen molar-refractivity contribution in [1.29, 1.82) is 0 Å². The van der Waals surface area contributed by atoms with Crippen molar-refractivity contribution in [3.05, 3.63) is 21.9 Å². The molecule has 1 unspecified atom stereocenters. The summed E-state index contributed by atoms with van der Waals surface area (Å²) in [6.07, 6.45) is 2.06. The molecule has 0 saturated heterocycles. The van der Waals surface area contributed by atoms with Gasteiger partial charge >= 0.3 is 0 Å². The SMILES string of the molecule is COC(C(=O)c1csc(C)c1)C1CC1. The van der Waals surface area contributed by atoms with Crippen molar-refractivity contribution in [2.45, 2.75) is 25.9 Å². The second-order valence-electron chi connectivity index (χ2n) is 3.80. The summed E-state index contributed by atoms with van der Waals surface area (Å²) in [6, 6.07) is 1.95. The van der Waals surface area contributed by atoms with Gasteiger partial charge in [-0.1, -0.05) is 0 Å². The number of aryl methyl sites for hydroxylation is 1. The molecule has 0 bridgehead atoms. The maximum atomic E-state index is 12.0. The van der Waals surface area contributed by atoms with Crippen LogP contribution in [0.4, 0.5) is 0 Å². The monoisotopic (exact) mass is 210 g/mol. The molecule has 0 aliphatic heterocycles. The molecule has 14 heavy (non-hydrogen) atoms. The molecule has 1 aromatic heterocycles. The molecule has 2 nitrogen and oxygen atoms in total. The van der Waals surface area contributed by atoms with E-state index in [-0.39, 0.29) is 11.9 Å². The van der Waals surface area contributed by atoms with Crippen LogP contribution in [-0.2, 0) is 4.74 Å². The number of ketones is 1. The van der Waals surface area contributed by atoms with Crippen LogP contribution in [0.5, 0.6) is 0 Å². The maximum Gasteiger partial charge on any atom is 0.192 e. The molecule has 1 fully saturated rings. The Hall–Kier alpha value is -0.670. The van der Waals surface area contributed by atoms with Crippen LogP contribution in [-0.4, -0.2) is 19.0 Å². The molecule has 0 radical (unpaired) electrons. The third kappa shape index (κ3) is 1.88. The number of hydrogen-bond acceptors (Lipinski definition) is 3. The average molecular weight is 210 g/mol. The fraction of sp³-hybridized carbons (Fsp3) is 0.545. The zero-order valence-corrected chi connectivity index (χ0v) is 9.26. The number of carbonyl (C=O) groups excluding carboxylic acids is 1. The molecule has 0 spiro atoms. The van der Waals surface area contributed by atoms with Gasteiger partial charge < -0.3 is 4.74 Å². The summed E-state index contributed by atoms with van der Waals surface area (Å²) in [6.45, 7) is 2.01. The summed E-state index contributed by atoms with van der Waals surface area (Å²) >= 11 is 1.62. The molecule has 3 heteroatoms. The topological polar surface area (TPSA) is 26.3 Å². The van der Waals surface area contributed by atoms with Crippen molar-refractivity contribution in [2.24, 2.45) is 5.92 Å². The molecular weight excluding hydrogens is 196 g/mol. The highest BCUT2D eigenvalue weighted by atomic mass is 32.1. The lowest BCUT2D eigenvalue weighted by atomic mass is 10.1. The Balaban J connectivity index is 2.13. The van der Waals surface area contributed by atoms with Gasteiger partial charge in [-0.25, -0.2) is 0 Å². The molecule has 76 valence electrons. The van der Waals surface area contributed by atoms with Gasteiger partial charge in [0.2, 0.25) is 0 Å². The maximum absolute atomic E-state index is 12.0. The van der Waals surface area contributed by atoms with Gasteiger partial charge in [0.15, 0.2) is 5.78 Å². The first kappa shape index (κ1) is 9.87. The van der Waals surface area contributed by atoms with Crippen molar-refractivity contribution in [3.63, 3.8) is 0 Å². The van der Waals surface area contributed by atoms with E-state index in [1.807, 2.05) is 18.4 Å². The highest BCUT2D eigenvalue weighted by Gasteiger charge is 2.36.